The van der Waals surface area contributed by atoms with Gasteiger partial charge in [0.25, 0.3) is 5.91 Å². The van der Waals surface area contributed by atoms with Crippen molar-refractivity contribution in [3.63, 3.8) is 0 Å². The van der Waals surface area contributed by atoms with Crippen LogP contribution >= 0.6 is 27.3 Å². The van der Waals surface area contributed by atoms with Gasteiger partial charge in [-0.25, -0.2) is 0 Å². The molecule has 0 N–H and O–H groups in total. The van der Waals surface area contributed by atoms with Crippen molar-refractivity contribution in [1.29, 1.82) is 0 Å². The van der Waals surface area contributed by atoms with Crippen molar-refractivity contribution >= 4 is 43.4 Å². The second kappa shape index (κ2) is 6.42. The second-order valence-electron chi connectivity index (χ2n) is 5.07. The van der Waals surface area contributed by atoms with Crippen LogP contribution in [0.1, 0.15) is 19.8 Å². The van der Waals surface area contributed by atoms with Crippen molar-refractivity contribution in [2.24, 2.45) is 10.9 Å². The fourth-order valence-electron chi connectivity index (χ4n) is 2.16. The van der Waals surface area contributed by atoms with Gasteiger partial charge in [-0.15, -0.1) is 0 Å². The molecule has 3 rings (SSSR count). The molecule has 1 aliphatic rings. The van der Waals surface area contributed by atoms with E-state index in [0.29, 0.717) is 19.8 Å². The number of nitrogens with zero attached hydrogens (tertiary/aromatic N) is 2. The third kappa shape index (κ3) is 3.44. The molecule has 0 radical (unpaired) electrons. The molecule has 0 unspecified atom stereocenters. The highest BCUT2D eigenvalue weighted by Crippen LogP contribution is 2.30. The highest BCUT2D eigenvalue weighted by Gasteiger charge is 2.29. The number of ether oxygens (including phenoxy) is 1. The van der Waals surface area contributed by atoms with E-state index in [1.165, 1.54) is 0 Å². The van der Waals surface area contributed by atoms with Crippen LogP contribution in [0.3, 0.4) is 0 Å². The summed E-state index contributed by atoms with van der Waals surface area (Å²) in [6, 6.07) is 6.14. The first-order valence-electron chi connectivity index (χ1n) is 7.14. The van der Waals surface area contributed by atoms with Crippen molar-refractivity contribution in [3.05, 3.63) is 27.5 Å². The minimum atomic E-state index is 0.0192. The molecule has 2 aromatic rings. The van der Waals surface area contributed by atoms with Crippen molar-refractivity contribution in [3.8, 4) is 0 Å². The van der Waals surface area contributed by atoms with Crippen LogP contribution in [-0.2, 0) is 16.1 Å². The third-order valence-corrected chi connectivity index (χ3v) is 4.97. The Kier molecular flexibility index (Phi) is 4.57. The molecule has 0 saturated heterocycles. The molecule has 1 aliphatic carbocycles. The first kappa shape index (κ1) is 14.9. The van der Waals surface area contributed by atoms with Crippen molar-refractivity contribution in [2.45, 2.75) is 26.3 Å². The fourth-order valence-corrected chi connectivity index (χ4v) is 3.78. The summed E-state index contributed by atoms with van der Waals surface area (Å²) >= 11 is 5.05. The topological polar surface area (TPSA) is 43.6 Å². The zero-order valence-electron chi connectivity index (χ0n) is 11.8. The Morgan fingerprint density at radius 3 is 3.05 bits per heavy atom. The number of fused-ring (bicyclic) bond motifs is 1. The zero-order chi connectivity index (χ0) is 14.8. The van der Waals surface area contributed by atoms with E-state index in [-0.39, 0.29) is 11.8 Å². The lowest BCUT2D eigenvalue weighted by atomic mass is 10.3. The molecular formula is C15H17BrN2O2S. The summed E-state index contributed by atoms with van der Waals surface area (Å²) in [5.41, 5.74) is 1.10. The molecule has 1 amide bonds. The quantitative estimate of drug-likeness (QED) is 0.759. The summed E-state index contributed by atoms with van der Waals surface area (Å²) in [7, 11) is 0. The highest BCUT2D eigenvalue weighted by atomic mass is 79.9. The van der Waals surface area contributed by atoms with Gasteiger partial charge in [-0.05, 0) is 38.0 Å². The van der Waals surface area contributed by atoms with Gasteiger partial charge in [-0.2, -0.15) is 4.99 Å². The van der Waals surface area contributed by atoms with Crippen molar-refractivity contribution < 1.29 is 9.53 Å². The van der Waals surface area contributed by atoms with Crippen LogP contribution in [0.2, 0.25) is 0 Å². The maximum atomic E-state index is 12.0. The van der Waals surface area contributed by atoms with Gasteiger partial charge < -0.3 is 9.30 Å². The lowest BCUT2D eigenvalue weighted by Crippen LogP contribution is -2.20. The molecule has 1 fully saturated rings. The van der Waals surface area contributed by atoms with Gasteiger partial charge >= 0.3 is 0 Å². The van der Waals surface area contributed by atoms with Gasteiger partial charge in [0.1, 0.15) is 0 Å². The van der Waals surface area contributed by atoms with Crippen LogP contribution in [0.25, 0.3) is 10.2 Å². The van der Waals surface area contributed by atoms with Gasteiger partial charge in [0.2, 0.25) is 0 Å². The fraction of sp³-hybridized carbons (Fsp3) is 0.467. The number of carbonyl (C=O) groups excluding carboxylic acids is 1. The van der Waals surface area contributed by atoms with Crippen molar-refractivity contribution in [1.82, 2.24) is 4.57 Å². The number of aromatic nitrogens is 1. The number of carbonyl (C=O) groups is 1. The summed E-state index contributed by atoms with van der Waals surface area (Å²) in [5, 5.41) is 0. The molecule has 0 bridgehead atoms. The number of rotatable bonds is 5. The van der Waals surface area contributed by atoms with Crippen molar-refractivity contribution in [2.75, 3.05) is 13.2 Å². The van der Waals surface area contributed by atoms with Crippen LogP contribution in [0.15, 0.2) is 27.7 Å². The Bertz CT molecular complexity index is 731. The molecule has 21 heavy (non-hydrogen) atoms. The molecule has 0 atom stereocenters. The average molecular weight is 369 g/mol. The Hall–Kier alpha value is -0.980. The minimum absolute atomic E-state index is 0.0192. The van der Waals surface area contributed by atoms with E-state index >= 15 is 0 Å². The maximum absolute atomic E-state index is 12.0. The molecule has 1 aromatic carbocycles. The number of hydrogen-bond acceptors (Lipinski definition) is 3. The SMILES string of the molecule is CCOCCn1c(=NC(=O)C2CC2)sc2cc(Br)ccc21. The van der Waals surface area contributed by atoms with E-state index < -0.39 is 0 Å². The molecule has 0 spiro atoms. The first-order valence-corrected chi connectivity index (χ1v) is 8.75. The number of halogens is 1. The van der Waals surface area contributed by atoms with Crippen LogP contribution in [-0.4, -0.2) is 23.7 Å². The van der Waals surface area contributed by atoms with Gasteiger partial charge in [-0.3, -0.25) is 4.79 Å². The van der Waals surface area contributed by atoms with Crippen LogP contribution in [0, 0.1) is 5.92 Å². The second-order valence-corrected chi connectivity index (χ2v) is 6.99. The standard InChI is InChI=1S/C15H17BrN2O2S/c1-2-20-8-7-18-12-6-5-11(16)9-13(12)21-15(18)17-14(19)10-3-4-10/h5-6,9-10H,2-4,7-8H2,1H3. The van der Waals surface area contributed by atoms with Gasteiger partial charge in [0.05, 0.1) is 16.8 Å². The van der Waals surface area contributed by atoms with E-state index in [4.69, 9.17) is 4.74 Å². The van der Waals surface area contributed by atoms with Gasteiger partial charge in [0.15, 0.2) is 4.80 Å². The van der Waals surface area contributed by atoms with Crippen LogP contribution in [0.4, 0.5) is 0 Å². The Morgan fingerprint density at radius 2 is 2.33 bits per heavy atom. The molecular weight excluding hydrogens is 352 g/mol. The van der Waals surface area contributed by atoms with Crippen LogP contribution in [0.5, 0.6) is 0 Å². The molecule has 4 nitrogen and oxygen atoms in total. The summed E-state index contributed by atoms with van der Waals surface area (Å²) in [6.45, 7) is 4.02. The zero-order valence-corrected chi connectivity index (χ0v) is 14.2. The minimum Gasteiger partial charge on any atom is -0.380 e. The molecule has 112 valence electrons. The summed E-state index contributed by atoms with van der Waals surface area (Å²) < 4.78 is 9.70. The lowest BCUT2D eigenvalue weighted by Gasteiger charge is -2.05. The largest absolute Gasteiger partial charge is 0.380 e. The molecule has 6 heteroatoms. The first-order chi connectivity index (χ1) is 10.2. The Balaban J connectivity index is 2.03. The van der Waals surface area contributed by atoms with Gasteiger partial charge in [-0.1, -0.05) is 27.3 Å². The number of hydrogen-bond donors (Lipinski definition) is 0. The third-order valence-electron chi connectivity index (χ3n) is 3.44. The van der Waals surface area contributed by atoms with Crippen LogP contribution < -0.4 is 4.80 Å². The maximum Gasteiger partial charge on any atom is 0.251 e. The summed E-state index contributed by atoms with van der Waals surface area (Å²) in [5.74, 6) is 0.174. The number of benzene rings is 1. The van der Waals surface area contributed by atoms with E-state index in [2.05, 4.69) is 37.6 Å². The smallest absolute Gasteiger partial charge is 0.251 e. The van der Waals surface area contributed by atoms with E-state index in [0.717, 1.165) is 32.3 Å². The predicted molar refractivity (Wildman–Crippen MR) is 87.3 cm³/mol. The molecule has 0 aliphatic heterocycles. The predicted octanol–water partition coefficient (Wildman–Crippen LogP) is 3.34. The summed E-state index contributed by atoms with van der Waals surface area (Å²) in [4.78, 5) is 17.1. The van der Waals surface area contributed by atoms with E-state index in [9.17, 15) is 4.79 Å². The number of thiazole rings is 1. The molecule has 1 saturated carbocycles. The van der Waals surface area contributed by atoms with E-state index in [1.54, 1.807) is 11.3 Å². The van der Waals surface area contributed by atoms with E-state index in [1.807, 2.05) is 13.0 Å². The summed E-state index contributed by atoms with van der Waals surface area (Å²) in [6.07, 6.45) is 1.97. The average Bonchev–Trinajstić information content (AvgIpc) is 3.24. The molecule has 1 aromatic heterocycles. The monoisotopic (exact) mass is 368 g/mol. The molecule has 1 heterocycles. The number of amides is 1. The normalized spacial score (nSPS) is 15.8. The lowest BCUT2D eigenvalue weighted by molar-refractivity contribution is -0.119. The van der Waals surface area contributed by atoms with Gasteiger partial charge in [0, 0.05) is 23.5 Å². The Morgan fingerprint density at radius 1 is 1.52 bits per heavy atom. The highest BCUT2D eigenvalue weighted by molar-refractivity contribution is 9.10. The Labute approximate surface area is 135 Å².